The third-order valence-electron chi connectivity index (χ3n) is 1.30. The first kappa shape index (κ1) is 12.7. The number of rotatable bonds is 4. The van der Waals surface area contributed by atoms with Crippen molar-refractivity contribution >= 4 is 12.1 Å². The summed E-state index contributed by atoms with van der Waals surface area (Å²) in [6.45, 7) is 2.82. The summed E-state index contributed by atoms with van der Waals surface area (Å²) in [5.74, 6) is -0.687. The van der Waals surface area contributed by atoms with Crippen molar-refractivity contribution in [1.82, 2.24) is 5.32 Å². The molecule has 0 saturated carbocycles. The van der Waals surface area contributed by atoms with Gasteiger partial charge in [0.05, 0.1) is 19.8 Å². The Labute approximate surface area is 82.2 Å². The van der Waals surface area contributed by atoms with E-state index in [4.69, 9.17) is 9.84 Å². The van der Waals surface area contributed by atoms with Crippen molar-refractivity contribution in [3.8, 4) is 0 Å². The molecule has 14 heavy (non-hydrogen) atoms. The van der Waals surface area contributed by atoms with Gasteiger partial charge in [-0.15, -0.1) is 0 Å². The van der Waals surface area contributed by atoms with Crippen LogP contribution in [0, 0.1) is 0 Å². The molecule has 1 amide bonds. The molecule has 2 N–H and O–H groups in total. The summed E-state index contributed by atoms with van der Waals surface area (Å²) in [4.78, 5) is 21.9. The van der Waals surface area contributed by atoms with E-state index in [2.05, 4.69) is 10.1 Å². The number of alkyl carbamates (subject to hydrolysis) is 1. The van der Waals surface area contributed by atoms with Crippen LogP contribution in [0.1, 0.15) is 13.8 Å². The topological polar surface area (TPSA) is 84.9 Å². The molecule has 6 heteroatoms. The van der Waals surface area contributed by atoms with E-state index in [-0.39, 0.29) is 6.10 Å². The predicted octanol–water partition coefficient (Wildman–Crippen LogP) is -0.345. The maximum atomic E-state index is 11.2. The van der Waals surface area contributed by atoms with Crippen LogP contribution in [-0.4, -0.2) is 43.0 Å². The number of hydrogen-bond donors (Lipinski definition) is 2. The van der Waals surface area contributed by atoms with E-state index < -0.39 is 24.7 Å². The monoisotopic (exact) mass is 205 g/mol. The summed E-state index contributed by atoms with van der Waals surface area (Å²) in [6.07, 6.45) is -1.08. The Morgan fingerprint density at radius 2 is 2.00 bits per heavy atom. The van der Waals surface area contributed by atoms with E-state index in [9.17, 15) is 9.59 Å². The minimum Gasteiger partial charge on any atom is -0.461 e. The van der Waals surface area contributed by atoms with Crippen LogP contribution < -0.4 is 5.32 Å². The molecule has 0 spiro atoms. The summed E-state index contributed by atoms with van der Waals surface area (Å²) < 4.78 is 9.05. The van der Waals surface area contributed by atoms with Crippen LogP contribution in [0.15, 0.2) is 0 Å². The van der Waals surface area contributed by atoms with Crippen molar-refractivity contribution in [2.24, 2.45) is 0 Å². The zero-order valence-electron chi connectivity index (χ0n) is 8.44. The Kier molecular flexibility index (Phi) is 5.62. The fourth-order valence-corrected chi connectivity index (χ4v) is 0.695. The number of hydrogen-bond acceptors (Lipinski definition) is 5. The summed E-state index contributed by atoms with van der Waals surface area (Å²) in [5.41, 5.74) is 0. The van der Waals surface area contributed by atoms with Crippen LogP contribution in [0.25, 0.3) is 0 Å². The fraction of sp³-hybridized carbons (Fsp3) is 0.750. The van der Waals surface area contributed by atoms with Crippen molar-refractivity contribution in [2.45, 2.75) is 26.0 Å². The molecule has 0 unspecified atom stereocenters. The maximum absolute atomic E-state index is 11.2. The molecule has 1 atom stereocenters. The predicted molar refractivity (Wildman–Crippen MR) is 47.6 cm³/mol. The summed E-state index contributed by atoms with van der Waals surface area (Å²) in [5, 5.41) is 10.9. The number of ether oxygens (including phenoxy) is 2. The van der Waals surface area contributed by atoms with Gasteiger partial charge in [0, 0.05) is 0 Å². The maximum Gasteiger partial charge on any atom is 0.407 e. The number of methoxy groups -OCH3 is 1. The molecule has 0 aliphatic heterocycles. The van der Waals surface area contributed by atoms with Crippen molar-refractivity contribution in [3.05, 3.63) is 0 Å². The van der Waals surface area contributed by atoms with Crippen LogP contribution in [0.4, 0.5) is 4.79 Å². The van der Waals surface area contributed by atoms with Gasteiger partial charge in [-0.05, 0) is 13.8 Å². The molecule has 6 nitrogen and oxygen atoms in total. The Morgan fingerprint density at radius 1 is 1.43 bits per heavy atom. The van der Waals surface area contributed by atoms with Gasteiger partial charge in [0.25, 0.3) is 0 Å². The second-order valence-corrected chi connectivity index (χ2v) is 2.86. The van der Waals surface area contributed by atoms with Gasteiger partial charge in [-0.25, -0.2) is 9.59 Å². The molecule has 0 heterocycles. The van der Waals surface area contributed by atoms with Crippen LogP contribution in [0.2, 0.25) is 0 Å². The Morgan fingerprint density at radius 3 is 2.36 bits per heavy atom. The molecule has 0 aliphatic carbocycles. The van der Waals surface area contributed by atoms with Crippen LogP contribution in [-0.2, 0) is 14.3 Å². The Balaban J connectivity index is 4.12. The van der Waals surface area contributed by atoms with Gasteiger partial charge in [-0.2, -0.15) is 0 Å². The molecule has 0 aliphatic rings. The Hall–Kier alpha value is -1.30. The highest BCUT2D eigenvalue weighted by Gasteiger charge is 2.22. The van der Waals surface area contributed by atoms with Gasteiger partial charge >= 0.3 is 12.1 Å². The van der Waals surface area contributed by atoms with Crippen molar-refractivity contribution in [2.75, 3.05) is 13.7 Å². The van der Waals surface area contributed by atoms with Gasteiger partial charge in [-0.1, -0.05) is 0 Å². The highest BCUT2D eigenvalue weighted by molar-refractivity contribution is 5.81. The average Bonchev–Trinajstić information content (AvgIpc) is 2.12. The first-order chi connectivity index (χ1) is 6.51. The highest BCUT2D eigenvalue weighted by atomic mass is 16.6. The number of carbonyl (C=O) groups is 2. The van der Waals surface area contributed by atoms with E-state index in [0.717, 1.165) is 7.11 Å². The number of amides is 1. The van der Waals surface area contributed by atoms with Gasteiger partial charge in [0.2, 0.25) is 0 Å². The third kappa shape index (κ3) is 4.66. The first-order valence-electron chi connectivity index (χ1n) is 4.17. The second-order valence-electron chi connectivity index (χ2n) is 2.86. The molecule has 82 valence electrons. The van der Waals surface area contributed by atoms with Crippen molar-refractivity contribution < 1.29 is 24.2 Å². The lowest BCUT2D eigenvalue weighted by Crippen LogP contribution is -2.44. The van der Waals surface area contributed by atoms with Crippen LogP contribution in [0.5, 0.6) is 0 Å². The largest absolute Gasteiger partial charge is 0.461 e. The molecule has 0 aromatic carbocycles. The lowest BCUT2D eigenvalue weighted by molar-refractivity contribution is -0.150. The SMILES string of the molecule is COC(=O)N[C@H](CO)C(=O)OC(C)C. The zero-order chi connectivity index (χ0) is 11.1. The molecule has 0 bridgehead atoms. The highest BCUT2D eigenvalue weighted by Crippen LogP contribution is 1.94. The number of aliphatic hydroxyl groups excluding tert-OH is 1. The lowest BCUT2D eigenvalue weighted by atomic mass is 10.3. The minimum absolute atomic E-state index is 0.295. The van der Waals surface area contributed by atoms with E-state index in [1.54, 1.807) is 13.8 Å². The van der Waals surface area contributed by atoms with Crippen molar-refractivity contribution in [3.63, 3.8) is 0 Å². The fourth-order valence-electron chi connectivity index (χ4n) is 0.695. The van der Waals surface area contributed by atoms with E-state index >= 15 is 0 Å². The molecule has 0 radical (unpaired) electrons. The van der Waals surface area contributed by atoms with Crippen molar-refractivity contribution in [1.29, 1.82) is 0 Å². The number of aliphatic hydroxyl groups is 1. The lowest BCUT2D eigenvalue weighted by Gasteiger charge is -2.16. The minimum atomic E-state index is -1.08. The van der Waals surface area contributed by atoms with E-state index in [1.807, 2.05) is 0 Å². The van der Waals surface area contributed by atoms with Gasteiger partial charge in [0.15, 0.2) is 6.04 Å². The first-order valence-corrected chi connectivity index (χ1v) is 4.17. The normalized spacial score (nSPS) is 12.1. The summed E-state index contributed by atoms with van der Waals surface area (Å²) >= 11 is 0. The smallest absolute Gasteiger partial charge is 0.407 e. The zero-order valence-corrected chi connectivity index (χ0v) is 8.44. The molecular weight excluding hydrogens is 190 g/mol. The van der Waals surface area contributed by atoms with Crippen LogP contribution >= 0.6 is 0 Å². The molecule has 0 saturated heterocycles. The number of esters is 1. The van der Waals surface area contributed by atoms with Gasteiger partial charge in [-0.3, -0.25) is 0 Å². The quantitative estimate of drug-likeness (QED) is 0.613. The van der Waals surface area contributed by atoms with E-state index in [0.29, 0.717) is 0 Å². The average molecular weight is 205 g/mol. The molecular formula is C8H15NO5. The van der Waals surface area contributed by atoms with Gasteiger partial charge in [0.1, 0.15) is 0 Å². The summed E-state index contributed by atoms with van der Waals surface area (Å²) in [6, 6.07) is -1.08. The second kappa shape index (κ2) is 6.20. The van der Waals surface area contributed by atoms with E-state index in [1.165, 1.54) is 0 Å². The Bertz CT molecular complexity index is 204. The third-order valence-corrected chi connectivity index (χ3v) is 1.30. The van der Waals surface area contributed by atoms with Crippen LogP contribution in [0.3, 0.4) is 0 Å². The molecule has 0 rings (SSSR count). The molecule has 0 fully saturated rings. The van der Waals surface area contributed by atoms with Gasteiger partial charge < -0.3 is 19.9 Å². The standard InChI is InChI=1S/C8H15NO5/c1-5(2)14-7(11)6(4-10)9-8(12)13-3/h5-6,10H,4H2,1-3H3,(H,9,12)/t6-/m1/s1. The molecule has 0 aromatic heterocycles. The molecule has 0 aromatic rings. The number of nitrogens with one attached hydrogen (secondary N) is 1. The summed E-state index contributed by atoms with van der Waals surface area (Å²) in [7, 11) is 1.16. The number of carbonyl (C=O) groups excluding carboxylic acids is 2.